The molecule has 3 aromatic rings. The van der Waals surface area contributed by atoms with Crippen LogP contribution in [-0.4, -0.2) is 29.9 Å². The van der Waals surface area contributed by atoms with Crippen LogP contribution in [0.1, 0.15) is 35.4 Å². The third-order valence-corrected chi connectivity index (χ3v) is 6.22. The monoisotopic (exact) mass is 465 g/mol. The Kier molecular flexibility index (Phi) is 5.30. The summed E-state index contributed by atoms with van der Waals surface area (Å²) in [4.78, 5) is 10.9. The molecule has 9 heteroatoms. The van der Waals surface area contributed by atoms with Crippen molar-refractivity contribution in [3.05, 3.63) is 92.5 Å². The van der Waals surface area contributed by atoms with Crippen molar-refractivity contribution in [1.29, 1.82) is 0 Å². The molecule has 0 saturated heterocycles. The molecule has 2 unspecified atom stereocenters. The van der Waals surface area contributed by atoms with Crippen LogP contribution in [0.25, 0.3) is 0 Å². The zero-order chi connectivity index (χ0) is 23.1. The Bertz CT molecular complexity index is 1280. The van der Waals surface area contributed by atoms with Crippen LogP contribution in [0.4, 0.5) is 5.69 Å². The Hall–Kier alpha value is -3.78. The third kappa shape index (κ3) is 3.62. The van der Waals surface area contributed by atoms with Gasteiger partial charge in [0.25, 0.3) is 5.69 Å². The van der Waals surface area contributed by atoms with Gasteiger partial charge in [-0.15, -0.1) is 0 Å². The number of fused-ring (bicyclic) bond motifs is 3. The minimum absolute atomic E-state index is 0.0586. The van der Waals surface area contributed by atoms with Crippen molar-refractivity contribution in [3.63, 3.8) is 0 Å². The van der Waals surface area contributed by atoms with E-state index in [2.05, 4.69) is 0 Å². The minimum atomic E-state index is -0.713. The first-order chi connectivity index (χ1) is 16.0. The predicted molar refractivity (Wildman–Crippen MR) is 123 cm³/mol. The molecule has 3 aromatic carbocycles. The Labute approximate surface area is 195 Å². The maximum atomic E-state index is 11.4. The zero-order valence-electron chi connectivity index (χ0n) is 17.9. The van der Waals surface area contributed by atoms with Gasteiger partial charge in [0, 0.05) is 40.3 Å². The molecule has 0 bridgehead atoms. The SMILES string of the molecule is COc1ccc(C2=NN3C(C2)c2ccccc2OC3c2cc([N+](=O)[O-])ccc2Cl)cc1OC. The summed E-state index contributed by atoms with van der Waals surface area (Å²) in [6.45, 7) is 0. The number of rotatable bonds is 5. The number of para-hydroxylation sites is 1. The zero-order valence-corrected chi connectivity index (χ0v) is 18.7. The van der Waals surface area contributed by atoms with Gasteiger partial charge in [-0.2, -0.15) is 5.10 Å². The molecule has 2 heterocycles. The highest BCUT2D eigenvalue weighted by Gasteiger charge is 2.42. The smallest absolute Gasteiger partial charge is 0.270 e. The van der Waals surface area contributed by atoms with E-state index < -0.39 is 11.2 Å². The van der Waals surface area contributed by atoms with E-state index in [4.69, 9.17) is 30.9 Å². The third-order valence-electron chi connectivity index (χ3n) is 5.87. The van der Waals surface area contributed by atoms with Crippen molar-refractivity contribution >= 4 is 23.0 Å². The molecule has 0 aliphatic carbocycles. The number of non-ortho nitro benzene ring substituents is 1. The molecular formula is C24H20ClN3O5. The number of nitrogens with zero attached hydrogens (tertiary/aromatic N) is 3. The number of methoxy groups -OCH3 is 2. The molecule has 2 aliphatic heterocycles. The highest BCUT2D eigenvalue weighted by atomic mass is 35.5. The highest BCUT2D eigenvalue weighted by Crippen LogP contribution is 2.49. The molecule has 0 amide bonds. The quantitative estimate of drug-likeness (QED) is 0.365. The molecule has 0 saturated carbocycles. The number of halogens is 1. The van der Waals surface area contributed by atoms with Crippen LogP contribution in [0.3, 0.4) is 0 Å². The van der Waals surface area contributed by atoms with Crippen LogP contribution in [0, 0.1) is 10.1 Å². The second kappa shape index (κ2) is 8.29. The van der Waals surface area contributed by atoms with Crippen LogP contribution < -0.4 is 14.2 Å². The molecule has 0 fully saturated rings. The van der Waals surface area contributed by atoms with Crippen molar-refractivity contribution in [2.24, 2.45) is 5.10 Å². The lowest BCUT2D eigenvalue weighted by molar-refractivity contribution is -0.385. The summed E-state index contributed by atoms with van der Waals surface area (Å²) in [5.74, 6) is 1.94. The van der Waals surface area contributed by atoms with Gasteiger partial charge in [0.1, 0.15) is 5.75 Å². The van der Waals surface area contributed by atoms with Gasteiger partial charge in [0.15, 0.2) is 11.5 Å². The minimum Gasteiger partial charge on any atom is -0.493 e. The molecule has 0 radical (unpaired) electrons. The van der Waals surface area contributed by atoms with E-state index >= 15 is 0 Å². The number of ether oxygens (including phenoxy) is 3. The van der Waals surface area contributed by atoms with Gasteiger partial charge in [0.2, 0.25) is 6.23 Å². The number of benzene rings is 3. The molecule has 2 aliphatic rings. The van der Waals surface area contributed by atoms with Gasteiger partial charge in [-0.05, 0) is 30.3 Å². The van der Waals surface area contributed by atoms with E-state index in [0.29, 0.717) is 34.3 Å². The van der Waals surface area contributed by atoms with Crippen LogP contribution in [-0.2, 0) is 0 Å². The number of nitro groups is 1. The standard InChI is InChI=1S/C24H20ClN3O5/c1-31-22-10-7-14(11-23(22)32-2)19-13-20-16-5-3-4-6-21(16)33-24(27(20)26-19)17-12-15(28(29)30)8-9-18(17)25/h3-12,20,24H,13H2,1-2H3. The van der Waals surface area contributed by atoms with Gasteiger partial charge >= 0.3 is 0 Å². The van der Waals surface area contributed by atoms with Gasteiger partial charge in [-0.3, -0.25) is 10.1 Å². The second-order valence-corrected chi connectivity index (χ2v) is 8.09. The van der Waals surface area contributed by atoms with Crippen LogP contribution in [0.5, 0.6) is 17.2 Å². The average Bonchev–Trinajstić information content (AvgIpc) is 3.29. The number of nitro benzene ring substituents is 1. The van der Waals surface area contributed by atoms with E-state index in [9.17, 15) is 10.1 Å². The molecule has 0 aromatic heterocycles. The van der Waals surface area contributed by atoms with Crippen molar-refractivity contribution < 1.29 is 19.1 Å². The fraction of sp³-hybridized carbons (Fsp3) is 0.208. The van der Waals surface area contributed by atoms with E-state index in [-0.39, 0.29) is 11.7 Å². The molecule has 0 N–H and O–H groups in total. The summed E-state index contributed by atoms with van der Waals surface area (Å²) in [6, 6.07) is 17.6. The highest BCUT2D eigenvalue weighted by molar-refractivity contribution is 6.31. The second-order valence-electron chi connectivity index (χ2n) is 7.69. The van der Waals surface area contributed by atoms with Crippen molar-refractivity contribution in [2.75, 3.05) is 14.2 Å². The van der Waals surface area contributed by atoms with E-state index in [1.165, 1.54) is 18.2 Å². The van der Waals surface area contributed by atoms with E-state index in [0.717, 1.165) is 16.8 Å². The predicted octanol–water partition coefficient (Wildman–Crippen LogP) is 5.51. The van der Waals surface area contributed by atoms with Crippen molar-refractivity contribution in [3.8, 4) is 17.2 Å². The van der Waals surface area contributed by atoms with Crippen molar-refractivity contribution in [1.82, 2.24) is 5.01 Å². The average molecular weight is 466 g/mol. The first-order valence-corrected chi connectivity index (χ1v) is 10.7. The van der Waals surface area contributed by atoms with Gasteiger partial charge in [-0.25, -0.2) is 5.01 Å². The van der Waals surface area contributed by atoms with Crippen LogP contribution >= 0.6 is 11.6 Å². The summed E-state index contributed by atoms with van der Waals surface area (Å²) in [5, 5.41) is 18.5. The molecule has 5 rings (SSSR count). The Morgan fingerprint density at radius 2 is 1.85 bits per heavy atom. The maximum Gasteiger partial charge on any atom is 0.270 e. The summed E-state index contributed by atoms with van der Waals surface area (Å²) < 4.78 is 17.1. The van der Waals surface area contributed by atoms with Crippen LogP contribution in [0.15, 0.2) is 65.8 Å². The number of hydrogen-bond acceptors (Lipinski definition) is 7. The molecule has 33 heavy (non-hydrogen) atoms. The summed E-state index contributed by atoms with van der Waals surface area (Å²) in [7, 11) is 3.18. The number of hydrogen-bond donors (Lipinski definition) is 0. The first kappa shape index (κ1) is 21.1. The van der Waals surface area contributed by atoms with E-state index in [1.807, 2.05) is 47.5 Å². The number of hydrazone groups is 1. The van der Waals surface area contributed by atoms with Crippen LogP contribution in [0.2, 0.25) is 5.02 Å². The van der Waals surface area contributed by atoms with Gasteiger partial charge in [-0.1, -0.05) is 29.8 Å². The Balaban J connectivity index is 1.61. The Morgan fingerprint density at radius 3 is 2.61 bits per heavy atom. The fourth-order valence-corrected chi connectivity index (χ4v) is 4.47. The topological polar surface area (TPSA) is 86.4 Å². The van der Waals surface area contributed by atoms with Crippen molar-refractivity contribution in [2.45, 2.75) is 18.7 Å². The van der Waals surface area contributed by atoms with E-state index in [1.54, 1.807) is 14.2 Å². The molecule has 2 atom stereocenters. The van der Waals surface area contributed by atoms with Gasteiger partial charge in [0.05, 0.1) is 30.9 Å². The lowest BCUT2D eigenvalue weighted by Crippen LogP contribution is -2.33. The maximum absolute atomic E-state index is 11.4. The Morgan fingerprint density at radius 1 is 1.06 bits per heavy atom. The summed E-state index contributed by atoms with van der Waals surface area (Å²) >= 11 is 6.47. The summed E-state index contributed by atoms with van der Waals surface area (Å²) in [5.41, 5.74) is 3.16. The molecule has 168 valence electrons. The fourth-order valence-electron chi connectivity index (χ4n) is 4.26. The molecule has 8 nitrogen and oxygen atoms in total. The molecular weight excluding hydrogens is 446 g/mol. The lowest BCUT2D eigenvalue weighted by atomic mass is 9.95. The molecule has 0 spiro atoms. The first-order valence-electron chi connectivity index (χ1n) is 10.3. The van der Waals surface area contributed by atoms with Gasteiger partial charge < -0.3 is 14.2 Å². The lowest BCUT2D eigenvalue weighted by Gasteiger charge is -2.38. The summed E-state index contributed by atoms with van der Waals surface area (Å²) in [6.07, 6.45) is -0.0891. The largest absolute Gasteiger partial charge is 0.493 e. The normalized spacial score (nSPS) is 18.6.